The molecular weight excluding hydrogens is 301 g/mol. The average molecular weight is 320 g/mol. The molecule has 2 saturated heterocycles. The van der Waals surface area contributed by atoms with Crippen molar-refractivity contribution in [1.82, 2.24) is 14.9 Å². The first-order valence-electron chi connectivity index (χ1n) is 6.42. The van der Waals surface area contributed by atoms with E-state index < -0.39 is 0 Å². The third-order valence-electron chi connectivity index (χ3n) is 3.84. The smallest absolute Gasteiger partial charge is 0.339 e. The Labute approximate surface area is 134 Å². The summed E-state index contributed by atoms with van der Waals surface area (Å²) in [5.41, 5.74) is 0. The SMILES string of the molecule is [CH2-]C1CCC2CN(c3ncccn3)CCN2C1.[Y+3]. The van der Waals surface area contributed by atoms with Crippen molar-refractivity contribution < 1.29 is 32.7 Å². The third-order valence-corrected chi connectivity index (χ3v) is 3.84. The van der Waals surface area contributed by atoms with Gasteiger partial charge in [-0.2, -0.15) is 5.92 Å². The van der Waals surface area contributed by atoms with Crippen molar-refractivity contribution in [3.05, 3.63) is 25.4 Å². The maximum Gasteiger partial charge on any atom is 3.00 e. The molecule has 0 aromatic carbocycles. The van der Waals surface area contributed by atoms with Gasteiger partial charge in [-0.1, -0.05) is 6.42 Å². The van der Waals surface area contributed by atoms with Crippen molar-refractivity contribution in [2.45, 2.75) is 18.9 Å². The first kappa shape index (κ1) is 14.4. The molecule has 5 heteroatoms. The summed E-state index contributed by atoms with van der Waals surface area (Å²) in [5.74, 6) is 1.50. The van der Waals surface area contributed by atoms with E-state index in [1.54, 1.807) is 0 Å². The number of hydrogen-bond acceptors (Lipinski definition) is 4. The Bertz CT molecular complexity index is 373. The number of hydrogen-bond donors (Lipinski definition) is 0. The van der Waals surface area contributed by atoms with Crippen LogP contribution in [0.15, 0.2) is 18.5 Å². The summed E-state index contributed by atoms with van der Waals surface area (Å²) < 4.78 is 0. The Morgan fingerprint density at radius 3 is 2.67 bits per heavy atom. The molecular formula is C13H19N4Y+2. The van der Waals surface area contributed by atoms with Crippen molar-refractivity contribution in [3.8, 4) is 0 Å². The van der Waals surface area contributed by atoms with Crippen LogP contribution in [0.25, 0.3) is 0 Å². The van der Waals surface area contributed by atoms with Crippen LogP contribution in [0.1, 0.15) is 12.8 Å². The molecule has 0 radical (unpaired) electrons. The zero-order chi connectivity index (χ0) is 11.7. The van der Waals surface area contributed by atoms with E-state index in [0.29, 0.717) is 12.0 Å². The molecule has 0 N–H and O–H groups in total. The van der Waals surface area contributed by atoms with E-state index >= 15 is 0 Å². The molecule has 1 aromatic heterocycles. The molecule has 4 nitrogen and oxygen atoms in total. The van der Waals surface area contributed by atoms with E-state index in [0.717, 1.165) is 32.1 Å². The van der Waals surface area contributed by atoms with Crippen LogP contribution < -0.4 is 4.90 Å². The summed E-state index contributed by atoms with van der Waals surface area (Å²) in [4.78, 5) is 13.6. The topological polar surface area (TPSA) is 32.3 Å². The summed E-state index contributed by atoms with van der Waals surface area (Å²) in [5, 5.41) is 0. The molecule has 3 heterocycles. The van der Waals surface area contributed by atoms with E-state index in [4.69, 9.17) is 0 Å². The molecule has 2 fully saturated rings. The largest absolute Gasteiger partial charge is 3.00 e. The summed E-state index contributed by atoms with van der Waals surface area (Å²) in [6, 6.07) is 2.54. The second-order valence-corrected chi connectivity index (χ2v) is 5.09. The molecule has 0 aliphatic carbocycles. The van der Waals surface area contributed by atoms with E-state index in [2.05, 4.69) is 26.7 Å². The van der Waals surface area contributed by atoms with Gasteiger partial charge in [-0.15, -0.1) is 0 Å². The van der Waals surface area contributed by atoms with E-state index in [1.165, 1.54) is 12.8 Å². The summed E-state index contributed by atoms with van der Waals surface area (Å²) >= 11 is 0. The van der Waals surface area contributed by atoms with Gasteiger partial charge in [0.25, 0.3) is 0 Å². The minimum absolute atomic E-state index is 0. The summed E-state index contributed by atoms with van der Waals surface area (Å²) in [6.45, 7) is 8.57. The molecule has 2 aliphatic heterocycles. The van der Waals surface area contributed by atoms with E-state index in [-0.39, 0.29) is 32.7 Å². The summed E-state index contributed by atoms with van der Waals surface area (Å²) in [6.07, 6.45) is 6.16. The Morgan fingerprint density at radius 1 is 1.11 bits per heavy atom. The molecule has 1 aromatic rings. The number of aromatic nitrogens is 2. The van der Waals surface area contributed by atoms with Gasteiger partial charge in [0.05, 0.1) is 0 Å². The van der Waals surface area contributed by atoms with Crippen molar-refractivity contribution in [3.63, 3.8) is 0 Å². The molecule has 18 heavy (non-hydrogen) atoms. The number of anilines is 1. The van der Waals surface area contributed by atoms with Gasteiger partial charge in [0.15, 0.2) is 0 Å². The monoisotopic (exact) mass is 320 g/mol. The van der Waals surface area contributed by atoms with Crippen molar-refractivity contribution >= 4 is 5.95 Å². The van der Waals surface area contributed by atoms with Gasteiger partial charge in [0.1, 0.15) is 0 Å². The van der Waals surface area contributed by atoms with Crippen LogP contribution in [0.2, 0.25) is 0 Å². The second kappa shape index (κ2) is 6.40. The standard InChI is InChI=1S/C13H19N4.Y/c1-11-3-4-12-10-17(8-7-16(12)9-11)13-14-5-2-6-15-13;/h2,5-6,11-12H,1,3-4,7-10H2;/q-1;+3. The molecule has 0 saturated carbocycles. The first-order valence-corrected chi connectivity index (χ1v) is 6.42. The Morgan fingerprint density at radius 2 is 1.89 bits per heavy atom. The number of nitrogens with zero attached hydrogens (tertiary/aromatic N) is 4. The van der Waals surface area contributed by atoms with Crippen LogP contribution >= 0.6 is 0 Å². The second-order valence-electron chi connectivity index (χ2n) is 5.09. The van der Waals surface area contributed by atoms with Crippen LogP contribution in [0.4, 0.5) is 5.95 Å². The third kappa shape index (κ3) is 3.09. The van der Waals surface area contributed by atoms with Gasteiger partial charge in [-0.05, 0) is 19.0 Å². The maximum atomic E-state index is 4.34. The molecule has 2 aliphatic rings. The normalized spacial score (nSPS) is 28.4. The molecule has 0 spiro atoms. The molecule has 2 unspecified atom stereocenters. The molecule has 2 atom stereocenters. The fourth-order valence-corrected chi connectivity index (χ4v) is 2.89. The van der Waals surface area contributed by atoms with Gasteiger partial charge in [0, 0.05) is 38.1 Å². The predicted octanol–water partition coefficient (Wildman–Crippen LogP) is 1.21. The quantitative estimate of drug-likeness (QED) is 0.728. The number of piperazine rings is 1. The number of fused-ring (bicyclic) bond motifs is 1. The molecule has 92 valence electrons. The Hall–Kier alpha value is -0.0561. The van der Waals surface area contributed by atoms with Crippen LogP contribution in [0, 0.1) is 12.8 Å². The fraction of sp³-hybridized carbons (Fsp3) is 0.615. The van der Waals surface area contributed by atoms with Crippen molar-refractivity contribution in [2.24, 2.45) is 5.92 Å². The molecule has 0 amide bonds. The number of rotatable bonds is 1. The maximum absolute atomic E-state index is 4.34. The Balaban J connectivity index is 0.00000120. The van der Waals surface area contributed by atoms with Crippen LogP contribution in [-0.2, 0) is 32.7 Å². The zero-order valence-corrected chi connectivity index (χ0v) is 13.5. The van der Waals surface area contributed by atoms with Crippen LogP contribution in [-0.4, -0.2) is 47.1 Å². The zero-order valence-electron chi connectivity index (χ0n) is 10.7. The number of piperidine rings is 1. The average Bonchev–Trinajstić information content (AvgIpc) is 2.39. The Kier molecular flexibility index (Phi) is 5.10. The first-order chi connectivity index (χ1) is 8.33. The van der Waals surface area contributed by atoms with Crippen molar-refractivity contribution in [1.29, 1.82) is 0 Å². The van der Waals surface area contributed by atoms with Gasteiger partial charge in [-0.25, -0.2) is 9.97 Å². The molecule has 0 bridgehead atoms. The minimum Gasteiger partial charge on any atom is -0.339 e. The minimum atomic E-state index is 0. The van der Waals surface area contributed by atoms with Crippen LogP contribution in [0.3, 0.4) is 0 Å². The predicted molar refractivity (Wildman–Crippen MR) is 67.7 cm³/mol. The van der Waals surface area contributed by atoms with Gasteiger partial charge in [0.2, 0.25) is 5.95 Å². The molecule has 3 rings (SSSR count). The van der Waals surface area contributed by atoms with Gasteiger partial charge in [-0.3, -0.25) is 4.90 Å². The van der Waals surface area contributed by atoms with Gasteiger partial charge >= 0.3 is 32.7 Å². The van der Waals surface area contributed by atoms with Gasteiger partial charge < -0.3 is 11.8 Å². The van der Waals surface area contributed by atoms with E-state index in [1.807, 2.05) is 18.5 Å². The van der Waals surface area contributed by atoms with Crippen LogP contribution in [0.5, 0.6) is 0 Å². The fourth-order valence-electron chi connectivity index (χ4n) is 2.89. The van der Waals surface area contributed by atoms with Crippen molar-refractivity contribution in [2.75, 3.05) is 31.1 Å². The summed E-state index contributed by atoms with van der Waals surface area (Å²) in [7, 11) is 0. The van der Waals surface area contributed by atoms with E-state index in [9.17, 15) is 0 Å².